The average molecular weight is 442 g/mol. The quantitative estimate of drug-likeness (QED) is 0.636. The maximum atomic E-state index is 12.7. The second-order valence-electron chi connectivity index (χ2n) is 9.01. The smallest absolute Gasteiger partial charge is 0.230 e. The predicted molar refractivity (Wildman–Crippen MR) is 125 cm³/mol. The molecule has 168 valence electrons. The summed E-state index contributed by atoms with van der Waals surface area (Å²) in [6, 6.07) is 10.8. The van der Waals surface area contributed by atoms with Gasteiger partial charge in [-0.05, 0) is 63.7 Å². The lowest BCUT2D eigenvalue weighted by molar-refractivity contribution is -0.119. The van der Waals surface area contributed by atoms with Gasteiger partial charge in [-0.15, -0.1) is 10.2 Å². The molecule has 31 heavy (non-hydrogen) atoms. The molecule has 1 aromatic carbocycles. The fourth-order valence-electron chi connectivity index (χ4n) is 4.84. The van der Waals surface area contributed by atoms with Crippen LogP contribution in [0.3, 0.4) is 0 Å². The fraction of sp³-hybridized carbons (Fsp3) is 0.625. The van der Waals surface area contributed by atoms with E-state index < -0.39 is 0 Å². The number of benzene rings is 1. The second kappa shape index (κ2) is 10.6. The third-order valence-electron chi connectivity index (χ3n) is 6.78. The first-order valence-electron chi connectivity index (χ1n) is 11.8. The summed E-state index contributed by atoms with van der Waals surface area (Å²) in [5.74, 6) is 1.98. The number of para-hydroxylation sites is 1. The molecular formula is C24H35N5OS. The van der Waals surface area contributed by atoms with Crippen LogP contribution >= 0.6 is 11.8 Å². The number of rotatable bonds is 7. The highest BCUT2D eigenvalue weighted by Crippen LogP contribution is 2.29. The van der Waals surface area contributed by atoms with Crippen molar-refractivity contribution < 1.29 is 4.79 Å². The van der Waals surface area contributed by atoms with E-state index in [1.165, 1.54) is 50.3 Å². The number of thioether (sulfide) groups is 1. The molecular weight excluding hydrogens is 406 g/mol. The molecule has 4 rings (SSSR count). The van der Waals surface area contributed by atoms with Crippen molar-refractivity contribution in [1.82, 2.24) is 25.0 Å². The standard InChI is InChI=1S/C24H35N5OS/c1-18-11-7-8-14-21(18)25-22(30)17-31-24-27-26-23(19(2)28-15-9-4-10-16-28)29(24)20-12-5-3-6-13-20/h3,5-6,12-13,18-19,21H,4,7-11,14-17H2,1-2H3,(H,25,30)/t18-,19-,21-/m1/s1. The summed E-state index contributed by atoms with van der Waals surface area (Å²) in [6.45, 7) is 6.68. The molecule has 1 aliphatic heterocycles. The van der Waals surface area contributed by atoms with Gasteiger partial charge in [-0.2, -0.15) is 0 Å². The van der Waals surface area contributed by atoms with Gasteiger partial charge < -0.3 is 5.32 Å². The minimum atomic E-state index is 0.0944. The van der Waals surface area contributed by atoms with Gasteiger partial charge in [-0.3, -0.25) is 14.3 Å². The van der Waals surface area contributed by atoms with Crippen molar-refractivity contribution >= 4 is 17.7 Å². The summed E-state index contributed by atoms with van der Waals surface area (Å²) < 4.78 is 2.14. The summed E-state index contributed by atoms with van der Waals surface area (Å²) in [6.07, 6.45) is 8.58. The topological polar surface area (TPSA) is 63.1 Å². The van der Waals surface area contributed by atoms with E-state index in [0.29, 0.717) is 17.7 Å². The zero-order valence-electron chi connectivity index (χ0n) is 18.8. The predicted octanol–water partition coefficient (Wildman–Crippen LogP) is 4.60. The van der Waals surface area contributed by atoms with E-state index in [0.717, 1.165) is 36.2 Å². The Bertz CT molecular complexity index is 849. The minimum absolute atomic E-state index is 0.0944. The number of carbonyl (C=O) groups excluding carboxylic acids is 1. The lowest BCUT2D eigenvalue weighted by atomic mass is 9.86. The number of piperidine rings is 1. The fourth-order valence-corrected chi connectivity index (χ4v) is 5.61. The first kappa shape index (κ1) is 22.3. The van der Waals surface area contributed by atoms with Crippen LogP contribution in [0.15, 0.2) is 35.5 Å². The third kappa shape index (κ3) is 5.50. The van der Waals surface area contributed by atoms with Crippen molar-refractivity contribution in [2.75, 3.05) is 18.8 Å². The number of aromatic nitrogens is 3. The maximum Gasteiger partial charge on any atom is 0.230 e. The Labute approximate surface area is 190 Å². The normalized spacial score (nSPS) is 23.4. The number of nitrogens with zero attached hydrogens (tertiary/aromatic N) is 4. The van der Waals surface area contributed by atoms with Crippen molar-refractivity contribution in [3.8, 4) is 5.69 Å². The van der Waals surface area contributed by atoms with E-state index in [1.807, 2.05) is 18.2 Å². The van der Waals surface area contributed by atoms with Crippen LogP contribution in [0.2, 0.25) is 0 Å². The number of nitrogens with one attached hydrogen (secondary N) is 1. The third-order valence-corrected chi connectivity index (χ3v) is 7.70. The molecule has 2 aliphatic rings. The summed E-state index contributed by atoms with van der Waals surface area (Å²) in [7, 11) is 0. The van der Waals surface area contributed by atoms with Crippen LogP contribution in [0, 0.1) is 5.92 Å². The molecule has 1 saturated carbocycles. The zero-order valence-corrected chi connectivity index (χ0v) is 19.6. The Morgan fingerprint density at radius 1 is 1.10 bits per heavy atom. The Morgan fingerprint density at radius 3 is 2.58 bits per heavy atom. The number of likely N-dealkylation sites (tertiary alicyclic amines) is 1. The molecule has 1 saturated heterocycles. The van der Waals surface area contributed by atoms with E-state index in [4.69, 9.17) is 0 Å². The van der Waals surface area contributed by atoms with Crippen molar-refractivity contribution in [2.45, 2.75) is 76.0 Å². The molecule has 3 atom stereocenters. The average Bonchev–Trinajstić information content (AvgIpc) is 3.24. The van der Waals surface area contributed by atoms with Gasteiger partial charge in [0.15, 0.2) is 11.0 Å². The van der Waals surface area contributed by atoms with E-state index >= 15 is 0 Å². The van der Waals surface area contributed by atoms with Crippen LogP contribution in [-0.2, 0) is 4.79 Å². The van der Waals surface area contributed by atoms with Gasteiger partial charge in [0.05, 0.1) is 11.8 Å². The second-order valence-corrected chi connectivity index (χ2v) is 9.95. The first-order valence-corrected chi connectivity index (χ1v) is 12.8. The van der Waals surface area contributed by atoms with Crippen LogP contribution in [0.25, 0.3) is 5.69 Å². The Morgan fingerprint density at radius 2 is 1.84 bits per heavy atom. The van der Waals surface area contributed by atoms with Crippen LogP contribution in [0.4, 0.5) is 0 Å². The molecule has 2 heterocycles. The largest absolute Gasteiger partial charge is 0.352 e. The molecule has 1 aromatic heterocycles. The van der Waals surface area contributed by atoms with Crippen LogP contribution in [0.1, 0.15) is 70.7 Å². The monoisotopic (exact) mass is 441 g/mol. The van der Waals surface area contributed by atoms with Crippen molar-refractivity contribution in [3.63, 3.8) is 0 Å². The molecule has 1 aliphatic carbocycles. The van der Waals surface area contributed by atoms with Gasteiger partial charge >= 0.3 is 0 Å². The van der Waals surface area contributed by atoms with E-state index in [-0.39, 0.29) is 11.9 Å². The minimum Gasteiger partial charge on any atom is -0.352 e. The molecule has 7 heteroatoms. The van der Waals surface area contributed by atoms with Crippen molar-refractivity contribution in [1.29, 1.82) is 0 Å². The highest BCUT2D eigenvalue weighted by Gasteiger charge is 2.26. The molecule has 2 aromatic rings. The van der Waals surface area contributed by atoms with Gasteiger partial charge in [-0.25, -0.2) is 0 Å². The van der Waals surface area contributed by atoms with Crippen LogP contribution in [0.5, 0.6) is 0 Å². The molecule has 0 bridgehead atoms. The summed E-state index contributed by atoms with van der Waals surface area (Å²) in [4.78, 5) is 15.2. The molecule has 6 nitrogen and oxygen atoms in total. The lowest BCUT2D eigenvalue weighted by Crippen LogP contribution is -2.41. The van der Waals surface area contributed by atoms with Gasteiger partial charge in [0.25, 0.3) is 0 Å². The van der Waals surface area contributed by atoms with E-state index in [1.54, 1.807) is 0 Å². The van der Waals surface area contributed by atoms with Crippen molar-refractivity contribution in [3.05, 3.63) is 36.2 Å². The first-order chi connectivity index (χ1) is 15.1. The number of amides is 1. The molecule has 0 spiro atoms. The molecule has 2 fully saturated rings. The Kier molecular flexibility index (Phi) is 7.67. The van der Waals surface area contributed by atoms with Crippen LogP contribution < -0.4 is 5.32 Å². The lowest BCUT2D eigenvalue weighted by Gasteiger charge is -2.31. The Hall–Kier alpha value is -1.86. The van der Waals surface area contributed by atoms with E-state index in [9.17, 15) is 4.79 Å². The van der Waals surface area contributed by atoms with E-state index in [2.05, 4.69) is 51.0 Å². The van der Waals surface area contributed by atoms with Gasteiger partial charge in [0.1, 0.15) is 0 Å². The summed E-state index contributed by atoms with van der Waals surface area (Å²) >= 11 is 1.48. The maximum absolute atomic E-state index is 12.7. The van der Waals surface area contributed by atoms with Gasteiger partial charge in [0.2, 0.25) is 5.91 Å². The highest BCUT2D eigenvalue weighted by molar-refractivity contribution is 7.99. The van der Waals surface area contributed by atoms with Gasteiger partial charge in [-0.1, -0.05) is 56.1 Å². The molecule has 0 radical (unpaired) electrons. The Balaban J connectivity index is 1.49. The van der Waals surface area contributed by atoms with Gasteiger partial charge in [0, 0.05) is 11.7 Å². The summed E-state index contributed by atoms with van der Waals surface area (Å²) in [5.41, 5.74) is 1.05. The highest BCUT2D eigenvalue weighted by atomic mass is 32.2. The number of carbonyl (C=O) groups is 1. The zero-order chi connectivity index (χ0) is 21.6. The molecule has 1 N–H and O–H groups in total. The number of hydrogen-bond donors (Lipinski definition) is 1. The molecule has 1 amide bonds. The summed E-state index contributed by atoms with van der Waals surface area (Å²) in [5, 5.41) is 13.1. The van der Waals surface area contributed by atoms with Crippen LogP contribution in [-0.4, -0.2) is 50.5 Å². The number of hydrogen-bond acceptors (Lipinski definition) is 5. The SMILES string of the molecule is C[C@@H]1CCCC[C@H]1NC(=O)CSc1nnc([C@@H](C)N2CCCCC2)n1-c1ccccc1. The molecule has 0 unspecified atom stereocenters. The van der Waals surface area contributed by atoms with Crippen molar-refractivity contribution in [2.24, 2.45) is 5.92 Å².